The molecule has 1 aliphatic rings. The summed E-state index contributed by atoms with van der Waals surface area (Å²) < 4.78 is 4.37. The van der Waals surface area contributed by atoms with Crippen LogP contribution in [-0.2, 0) is 19.1 Å². The van der Waals surface area contributed by atoms with Crippen molar-refractivity contribution in [2.75, 3.05) is 19.9 Å². The van der Waals surface area contributed by atoms with Gasteiger partial charge in [0, 0.05) is 0 Å². The molecule has 1 atom stereocenters. The minimum absolute atomic E-state index is 0.0133. The predicted molar refractivity (Wildman–Crippen MR) is 55.3 cm³/mol. The molecule has 84 valence electrons. The molecule has 0 N–H and O–H groups in total. The third kappa shape index (κ3) is 2.95. The molecule has 0 aromatic rings. The lowest BCUT2D eigenvalue weighted by Gasteiger charge is -2.38. The van der Waals surface area contributed by atoms with Gasteiger partial charge in [-0.15, -0.1) is 11.8 Å². The minimum Gasteiger partial charge on any atom is -0.469 e. The van der Waals surface area contributed by atoms with Gasteiger partial charge in [0.1, 0.15) is 6.42 Å². The van der Waals surface area contributed by atoms with Crippen LogP contribution >= 0.6 is 11.8 Å². The van der Waals surface area contributed by atoms with E-state index in [1.807, 2.05) is 6.26 Å². The van der Waals surface area contributed by atoms with Gasteiger partial charge in [0.25, 0.3) is 0 Å². The van der Waals surface area contributed by atoms with Crippen molar-refractivity contribution in [1.82, 2.24) is 4.90 Å². The Balaban J connectivity index is 2.37. The van der Waals surface area contributed by atoms with E-state index in [0.29, 0.717) is 6.42 Å². The highest BCUT2D eigenvalue weighted by atomic mass is 32.2. The fourth-order valence-electron chi connectivity index (χ4n) is 1.30. The molecule has 1 fully saturated rings. The lowest BCUT2D eigenvalue weighted by atomic mass is 10.1. The molecule has 0 saturated carbocycles. The van der Waals surface area contributed by atoms with Crippen LogP contribution in [0.2, 0.25) is 0 Å². The summed E-state index contributed by atoms with van der Waals surface area (Å²) >= 11 is 1.53. The number of β-lactam (4-membered cyclic amide) rings is 1. The first-order chi connectivity index (χ1) is 7.08. The molecule has 1 heterocycles. The lowest BCUT2D eigenvalue weighted by molar-refractivity contribution is -0.148. The summed E-state index contributed by atoms with van der Waals surface area (Å²) in [5.74, 6) is -0.879. The van der Waals surface area contributed by atoms with Gasteiger partial charge >= 0.3 is 5.97 Å². The molecule has 0 aromatic carbocycles. The molecule has 5 nitrogen and oxygen atoms in total. The normalized spacial score (nSPS) is 19.7. The molecule has 1 rings (SSSR count). The quantitative estimate of drug-likeness (QED) is 0.380. The van der Waals surface area contributed by atoms with Crippen LogP contribution in [0.4, 0.5) is 0 Å². The van der Waals surface area contributed by atoms with Crippen molar-refractivity contribution in [3.05, 3.63) is 0 Å². The zero-order chi connectivity index (χ0) is 11.4. The highest BCUT2D eigenvalue weighted by Crippen LogP contribution is 2.27. The number of methoxy groups -OCH3 is 1. The van der Waals surface area contributed by atoms with Gasteiger partial charge in [0.15, 0.2) is 5.78 Å². The number of esters is 1. The predicted octanol–water partition coefficient (Wildman–Crippen LogP) is 0.0400. The van der Waals surface area contributed by atoms with Crippen molar-refractivity contribution in [1.29, 1.82) is 0 Å². The first-order valence-electron chi connectivity index (χ1n) is 4.49. The van der Waals surface area contributed by atoms with Gasteiger partial charge in [-0.2, -0.15) is 0 Å². The van der Waals surface area contributed by atoms with Crippen molar-refractivity contribution in [2.24, 2.45) is 0 Å². The first-order valence-corrected chi connectivity index (χ1v) is 5.78. The Hall–Kier alpha value is -1.04. The Morgan fingerprint density at radius 1 is 1.60 bits per heavy atom. The summed E-state index contributed by atoms with van der Waals surface area (Å²) in [7, 11) is 1.23. The van der Waals surface area contributed by atoms with Gasteiger partial charge < -0.3 is 9.64 Å². The lowest BCUT2D eigenvalue weighted by Crippen LogP contribution is -2.52. The number of nitrogens with zero attached hydrogens (tertiary/aromatic N) is 1. The van der Waals surface area contributed by atoms with Crippen molar-refractivity contribution in [3.8, 4) is 0 Å². The van der Waals surface area contributed by atoms with Crippen LogP contribution in [-0.4, -0.2) is 47.8 Å². The van der Waals surface area contributed by atoms with E-state index in [2.05, 4.69) is 4.74 Å². The fourth-order valence-corrected chi connectivity index (χ4v) is 2.06. The molecule has 0 aliphatic carbocycles. The Morgan fingerprint density at radius 3 is 2.73 bits per heavy atom. The molecule has 1 unspecified atom stereocenters. The largest absolute Gasteiger partial charge is 0.469 e. The number of rotatable bonds is 5. The standard InChI is InChI=1S/C9H13NO4S/c1-14-9(13)3-6(11)5-10-7(12)4-8(10)15-2/h8H,3-5H2,1-2H3. The zero-order valence-electron chi connectivity index (χ0n) is 8.69. The Labute approximate surface area is 92.1 Å². The number of carbonyl (C=O) groups is 3. The van der Waals surface area contributed by atoms with Crippen LogP contribution < -0.4 is 0 Å². The van der Waals surface area contributed by atoms with Crippen LogP contribution in [0.25, 0.3) is 0 Å². The number of likely N-dealkylation sites (tertiary alicyclic amines) is 1. The molecule has 1 saturated heterocycles. The average Bonchev–Trinajstić information content (AvgIpc) is 2.22. The minimum atomic E-state index is -0.561. The SMILES string of the molecule is COC(=O)CC(=O)CN1C(=O)CC1SC. The van der Waals surface area contributed by atoms with Gasteiger partial charge in [-0.1, -0.05) is 0 Å². The van der Waals surface area contributed by atoms with Crippen LogP contribution in [0.15, 0.2) is 0 Å². The molecule has 0 spiro atoms. The molecule has 0 bridgehead atoms. The van der Waals surface area contributed by atoms with E-state index in [9.17, 15) is 14.4 Å². The maximum atomic E-state index is 11.3. The van der Waals surface area contributed by atoms with E-state index in [1.165, 1.54) is 23.8 Å². The molecule has 0 radical (unpaired) electrons. The van der Waals surface area contributed by atoms with E-state index in [-0.39, 0.29) is 30.0 Å². The van der Waals surface area contributed by atoms with E-state index in [4.69, 9.17) is 0 Å². The number of amides is 1. The van der Waals surface area contributed by atoms with E-state index >= 15 is 0 Å². The maximum Gasteiger partial charge on any atom is 0.313 e. The fraction of sp³-hybridized carbons (Fsp3) is 0.667. The van der Waals surface area contributed by atoms with Gasteiger partial charge in [0.05, 0.1) is 25.4 Å². The first kappa shape index (κ1) is 12.0. The van der Waals surface area contributed by atoms with Gasteiger partial charge in [0.2, 0.25) is 5.91 Å². The summed E-state index contributed by atoms with van der Waals surface area (Å²) in [4.78, 5) is 34.7. The third-order valence-electron chi connectivity index (χ3n) is 2.21. The molecule has 15 heavy (non-hydrogen) atoms. The Morgan fingerprint density at radius 2 is 2.27 bits per heavy atom. The summed E-state index contributed by atoms with van der Waals surface area (Å²) in [5, 5.41) is 0.0825. The molecular weight excluding hydrogens is 218 g/mol. The summed E-state index contributed by atoms with van der Waals surface area (Å²) in [6.07, 6.45) is 2.10. The van der Waals surface area contributed by atoms with E-state index < -0.39 is 5.97 Å². The van der Waals surface area contributed by atoms with Crippen molar-refractivity contribution in [3.63, 3.8) is 0 Å². The second-order valence-corrected chi connectivity index (χ2v) is 4.22. The molecular formula is C9H13NO4S. The molecule has 6 heteroatoms. The Kier molecular flexibility index (Phi) is 4.14. The van der Waals surface area contributed by atoms with Gasteiger partial charge in [-0.25, -0.2) is 0 Å². The summed E-state index contributed by atoms with van der Waals surface area (Å²) in [6, 6.07) is 0. The second-order valence-electron chi connectivity index (χ2n) is 3.21. The van der Waals surface area contributed by atoms with Crippen molar-refractivity contribution < 1.29 is 19.1 Å². The maximum absolute atomic E-state index is 11.3. The van der Waals surface area contributed by atoms with Crippen molar-refractivity contribution in [2.45, 2.75) is 18.2 Å². The number of hydrogen-bond donors (Lipinski definition) is 0. The second kappa shape index (κ2) is 5.16. The number of Topliss-reactive ketones (excluding diaryl/α,β-unsaturated/α-hetero) is 1. The Bertz CT molecular complexity index is 292. The average molecular weight is 231 g/mol. The smallest absolute Gasteiger partial charge is 0.313 e. The van der Waals surface area contributed by atoms with Crippen LogP contribution in [0.5, 0.6) is 0 Å². The van der Waals surface area contributed by atoms with E-state index in [0.717, 1.165) is 0 Å². The number of carbonyl (C=O) groups excluding carboxylic acids is 3. The summed E-state index contributed by atoms with van der Waals surface area (Å²) in [6.45, 7) is 0.0133. The molecule has 1 aliphatic heterocycles. The number of hydrogen-bond acceptors (Lipinski definition) is 5. The van der Waals surface area contributed by atoms with Crippen LogP contribution in [0.1, 0.15) is 12.8 Å². The van der Waals surface area contributed by atoms with E-state index in [1.54, 1.807) is 0 Å². The van der Waals surface area contributed by atoms with Gasteiger partial charge in [-0.3, -0.25) is 14.4 Å². The number of ketones is 1. The van der Waals surface area contributed by atoms with Gasteiger partial charge in [-0.05, 0) is 6.26 Å². The zero-order valence-corrected chi connectivity index (χ0v) is 9.50. The molecule has 0 aromatic heterocycles. The number of ether oxygens (including phenoxy) is 1. The topological polar surface area (TPSA) is 63.7 Å². The highest BCUT2D eigenvalue weighted by Gasteiger charge is 2.36. The van der Waals surface area contributed by atoms with Crippen LogP contribution in [0, 0.1) is 0 Å². The van der Waals surface area contributed by atoms with Crippen LogP contribution in [0.3, 0.4) is 0 Å². The number of thioether (sulfide) groups is 1. The third-order valence-corrected chi connectivity index (χ3v) is 3.17. The monoisotopic (exact) mass is 231 g/mol. The summed E-state index contributed by atoms with van der Waals surface area (Å²) in [5.41, 5.74) is 0. The highest BCUT2D eigenvalue weighted by molar-refractivity contribution is 7.99. The van der Waals surface area contributed by atoms with Crippen molar-refractivity contribution >= 4 is 29.4 Å². The molecule has 1 amide bonds.